The molecule has 0 radical (unpaired) electrons. The second-order valence-electron chi connectivity index (χ2n) is 8.18. The number of carbonyl (C=O) groups is 2. The van der Waals surface area contributed by atoms with Crippen LogP contribution in [0.2, 0.25) is 0 Å². The quantitative estimate of drug-likeness (QED) is 0.739. The number of carbonyl (C=O) groups excluding carboxylic acids is 2. The van der Waals surface area contributed by atoms with E-state index < -0.39 is 0 Å². The first-order chi connectivity index (χ1) is 13.6. The van der Waals surface area contributed by atoms with Crippen LogP contribution >= 0.6 is 0 Å². The van der Waals surface area contributed by atoms with Gasteiger partial charge in [0.15, 0.2) is 0 Å². The molecule has 1 aromatic carbocycles. The molecule has 2 aromatic rings. The van der Waals surface area contributed by atoms with Gasteiger partial charge in [-0.2, -0.15) is 5.10 Å². The first-order valence-electron chi connectivity index (χ1n) is 9.89. The van der Waals surface area contributed by atoms with Gasteiger partial charge in [-0.25, -0.2) is 0 Å². The van der Waals surface area contributed by atoms with Crippen LogP contribution in [-0.2, 0) is 28.5 Å². The van der Waals surface area contributed by atoms with Crippen molar-refractivity contribution < 1.29 is 14.3 Å². The summed E-state index contributed by atoms with van der Waals surface area (Å²) in [5.74, 6) is 1.06. The number of aromatic nitrogens is 2. The molecule has 0 atom stereocenters. The fourth-order valence-corrected chi connectivity index (χ4v) is 2.90. The maximum Gasteiger partial charge on any atom is 0.245 e. The van der Waals surface area contributed by atoms with Crippen molar-refractivity contribution in [1.82, 2.24) is 14.7 Å². The zero-order valence-corrected chi connectivity index (χ0v) is 18.3. The zero-order valence-electron chi connectivity index (χ0n) is 18.3. The van der Waals surface area contributed by atoms with Crippen molar-refractivity contribution in [2.75, 3.05) is 25.5 Å². The molecule has 1 N–H and O–H groups in total. The van der Waals surface area contributed by atoms with Crippen LogP contribution < -0.4 is 10.1 Å². The van der Waals surface area contributed by atoms with Crippen LogP contribution in [-0.4, -0.2) is 46.7 Å². The van der Waals surface area contributed by atoms with Crippen LogP contribution in [0.4, 0.5) is 5.82 Å². The van der Waals surface area contributed by atoms with Crippen LogP contribution in [0.15, 0.2) is 30.3 Å². The lowest BCUT2D eigenvalue weighted by Gasteiger charge is -2.21. The molecule has 2 rings (SSSR count). The minimum atomic E-state index is -0.231. The fourth-order valence-electron chi connectivity index (χ4n) is 2.90. The third kappa shape index (κ3) is 6.34. The summed E-state index contributed by atoms with van der Waals surface area (Å²) in [7, 11) is 3.40. The summed E-state index contributed by atoms with van der Waals surface area (Å²) < 4.78 is 6.80. The Morgan fingerprint density at radius 2 is 1.86 bits per heavy atom. The molecular weight excluding hydrogens is 368 g/mol. The number of methoxy groups -OCH3 is 1. The highest BCUT2D eigenvalue weighted by Crippen LogP contribution is 2.23. The van der Waals surface area contributed by atoms with E-state index in [9.17, 15) is 9.59 Å². The van der Waals surface area contributed by atoms with Crippen LogP contribution in [0.25, 0.3) is 0 Å². The molecule has 0 saturated carbocycles. The Morgan fingerprint density at radius 1 is 1.21 bits per heavy atom. The summed E-state index contributed by atoms with van der Waals surface area (Å²) in [4.78, 5) is 26.9. The van der Waals surface area contributed by atoms with Gasteiger partial charge in [0.1, 0.15) is 11.6 Å². The molecule has 7 heteroatoms. The average molecular weight is 401 g/mol. The summed E-state index contributed by atoms with van der Waals surface area (Å²) in [5, 5.41) is 7.34. The lowest BCUT2D eigenvalue weighted by atomic mass is 9.92. The Morgan fingerprint density at radius 3 is 2.38 bits per heavy atom. The van der Waals surface area contributed by atoms with Gasteiger partial charge in [0.05, 0.1) is 25.8 Å². The topological polar surface area (TPSA) is 76.5 Å². The molecule has 0 spiro atoms. The van der Waals surface area contributed by atoms with Crippen molar-refractivity contribution in [2.24, 2.45) is 7.05 Å². The molecule has 0 bridgehead atoms. The molecule has 0 unspecified atom stereocenters. The smallest absolute Gasteiger partial charge is 0.245 e. The van der Waals surface area contributed by atoms with E-state index in [0.717, 1.165) is 23.4 Å². The van der Waals surface area contributed by atoms with Gasteiger partial charge in [-0.15, -0.1) is 0 Å². The number of ether oxygens (including phenoxy) is 1. The van der Waals surface area contributed by atoms with Gasteiger partial charge >= 0.3 is 0 Å². The summed E-state index contributed by atoms with van der Waals surface area (Å²) >= 11 is 0. The molecule has 0 aliphatic carbocycles. The first kappa shape index (κ1) is 22.5. The maximum atomic E-state index is 12.7. The van der Waals surface area contributed by atoms with E-state index in [1.165, 1.54) is 0 Å². The van der Waals surface area contributed by atoms with Crippen LogP contribution in [0, 0.1) is 0 Å². The molecule has 0 fully saturated rings. The predicted molar refractivity (Wildman–Crippen MR) is 114 cm³/mol. The molecular formula is C22H32N4O3. The minimum absolute atomic E-state index is 0.0128. The van der Waals surface area contributed by atoms with E-state index in [4.69, 9.17) is 4.74 Å². The monoisotopic (exact) mass is 400 g/mol. The highest BCUT2D eigenvalue weighted by molar-refractivity contribution is 5.94. The first-order valence-corrected chi connectivity index (χ1v) is 9.89. The molecule has 0 aliphatic heterocycles. The molecule has 158 valence electrons. The van der Waals surface area contributed by atoms with Gasteiger partial charge < -0.3 is 15.0 Å². The van der Waals surface area contributed by atoms with Crippen molar-refractivity contribution >= 4 is 17.6 Å². The second-order valence-corrected chi connectivity index (χ2v) is 8.18. The number of aryl methyl sites for hydroxylation is 1. The third-order valence-electron chi connectivity index (χ3n) is 4.61. The van der Waals surface area contributed by atoms with E-state index in [0.29, 0.717) is 12.4 Å². The van der Waals surface area contributed by atoms with Crippen molar-refractivity contribution in [3.63, 3.8) is 0 Å². The van der Waals surface area contributed by atoms with Crippen molar-refractivity contribution in [3.8, 4) is 5.75 Å². The Labute approximate surface area is 173 Å². The van der Waals surface area contributed by atoms with Gasteiger partial charge in [-0.3, -0.25) is 14.3 Å². The summed E-state index contributed by atoms with van der Waals surface area (Å²) in [6, 6.07) is 9.26. The number of rotatable bonds is 8. The molecule has 29 heavy (non-hydrogen) atoms. The van der Waals surface area contributed by atoms with Gasteiger partial charge in [0.25, 0.3) is 0 Å². The normalized spacial score (nSPS) is 11.2. The summed E-state index contributed by atoms with van der Waals surface area (Å²) in [6.45, 7) is 8.74. The number of nitrogens with zero attached hydrogens (tertiary/aromatic N) is 3. The number of nitrogens with one attached hydrogen (secondary N) is 1. The maximum absolute atomic E-state index is 12.7. The molecule has 0 saturated heterocycles. The minimum Gasteiger partial charge on any atom is -0.497 e. The Kier molecular flexibility index (Phi) is 7.42. The fraction of sp³-hybridized carbons (Fsp3) is 0.500. The van der Waals surface area contributed by atoms with E-state index in [2.05, 4.69) is 31.2 Å². The number of amides is 2. The van der Waals surface area contributed by atoms with Crippen LogP contribution in [0.5, 0.6) is 5.75 Å². The highest BCUT2D eigenvalue weighted by atomic mass is 16.5. The number of hydrogen-bond acceptors (Lipinski definition) is 4. The Bertz CT molecular complexity index is 835. The van der Waals surface area contributed by atoms with Crippen LogP contribution in [0.1, 0.15) is 45.4 Å². The largest absolute Gasteiger partial charge is 0.497 e. The number of anilines is 1. The van der Waals surface area contributed by atoms with E-state index in [1.807, 2.05) is 37.3 Å². The third-order valence-corrected chi connectivity index (χ3v) is 4.61. The Hall–Kier alpha value is -2.83. The van der Waals surface area contributed by atoms with Crippen molar-refractivity contribution in [3.05, 3.63) is 41.6 Å². The molecule has 7 nitrogen and oxygen atoms in total. The predicted octanol–water partition coefficient (Wildman–Crippen LogP) is 3.15. The van der Waals surface area contributed by atoms with Crippen molar-refractivity contribution in [2.45, 2.75) is 46.0 Å². The zero-order chi connectivity index (χ0) is 21.6. The van der Waals surface area contributed by atoms with Crippen LogP contribution in [0.3, 0.4) is 0 Å². The summed E-state index contributed by atoms with van der Waals surface area (Å²) in [5.41, 5.74) is 1.68. The standard InChI is InChI=1S/C22H32N4O3/c1-7-12-26(21(28)13-16-8-10-17(29-6)11-9-16)15-20(27)23-19-14-18(22(2,3)4)24-25(19)5/h8-11,14H,7,12-13,15H2,1-6H3,(H,23,27). The van der Waals surface area contributed by atoms with Gasteiger partial charge in [-0.05, 0) is 24.1 Å². The Balaban J connectivity index is 2.02. The highest BCUT2D eigenvalue weighted by Gasteiger charge is 2.21. The van der Waals surface area contributed by atoms with E-state index in [1.54, 1.807) is 23.7 Å². The van der Waals surface area contributed by atoms with Gasteiger partial charge in [0, 0.05) is 25.1 Å². The molecule has 2 amide bonds. The van der Waals surface area contributed by atoms with E-state index in [-0.39, 0.29) is 30.2 Å². The molecule has 0 aliphatic rings. The number of benzene rings is 1. The number of hydrogen-bond donors (Lipinski definition) is 1. The van der Waals surface area contributed by atoms with Gasteiger partial charge in [-0.1, -0.05) is 39.8 Å². The lowest BCUT2D eigenvalue weighted by molar-refractivity contribution is -0.134. The van der Waals surface area contributed by atoms with Crippen molar-refractivity contribution in [1.29, 1.82) is 0 Å². The van der Waals surface area contributed by atoms with E-state index >= 15 is 0 Å². The SMILES string of the molecule is CCCN(CC(=O)Nc1cc(C(C)(C)C)nn1C)C(=O)Cc1ccc(OC)cc1. The average Bonchev–Trinajstić information content (AvgIpc) is 3.03. The lowest BCUT2D eigenvalue weighted by Crippen LogP contribution is -2.39. The second kappa shape index (κ2) is 9.58. The molecule has 1 heterocycles. The summed E-state index contributed by atoms with van der Waals surface area (Å²) in [6.07, 6.45) is 1.03. The molecule has 1 aromatic heterocycles. The van der Waals surface area contributed by atoms with Gasteiger partial charge in [0.2, 0.25) is 11.8 Å².